The summed E-state index contributed by atoms with van der Waals surface area (Å²) in [5.41, 5.74) is 6.59. The van der Waals surface area contributed by atoms with Crippen molar-refractivity contribution < 1.29 is 9.59 Å². The van der Waals surface area contributed by atoms with Crippen LogP contribution in [0.3, 0.4) is 0 Å². The highest BCUT2D eigenvalue weighted by Crippen LogP contribution is 2.02. The van der Waals surface area contributed by atoms with E-state index in [1.165, 1.54) is 0 Å². The summed E-state index contributed by atoms with van der Waals surface area (Å²) in [5.74, 6) is -0.633. The van der Waals surface area contributed by atoms with E-state index in [0.29, 0.717) is 0 Å². The maximum Gasteiger partial charge on any atom is 0.240 e. The summed E-state index contributed by atoms with van der Waals surface area (Å²) in [6.45, 7) is 0. The average molecular weight is 334 g/mol. The number of hydrazone groups is 2. The molecule has 0 saturated heterocycles. The summed E-state index contributed by atoms with van der Waals surface area (Å²) >= 11 is 3.10. The Bertz CT molecular complexity index is 590. The maximum absolute atomic E-state index is 11.5. The summed E-state index contributed by atoms with van der Waals surface area (Å²) in [7, 11) is 0. The molecule has 0 atom stereocenters. The van der Waals surface area contributed by atoms with Gasteiger partial charge in [0, 0.05) is 24.0 Å². The van der Waals surface area contributed by atoms with Crippen LogP contribution in [0.4, 0.5) is 0 Å². The highest BCUT2D eigenvalue weighted by molar-refractivity contribution is 7.08. The number of carbonyl (C=O) groups excluding carboxylic acids is 2. The topological polar surface area (TPSA) is 82.9 Å². The zero-order valence-electron chi connectivity index (χ0n) is 11.6. The van der Waals surface area contributed by atoms with Gasteiger partial charge < -0.3 is 0 Å². The Morgan fingerprint density at radius 1 is 0.909 bits per heavy atom. The van der Waals surface area contributed by atoms with Gasteiger partial charge >= 0.3 is 0 Å². The van der Waals surface area contributed by atoms with Gasteiger partial charge in [0.1, 0.15) is 0 Å². The lowest BCUT2D eigenvalue weighted by atomic mass is 10.3. The fourth-order valence-corrected chi connectivity index (χ4v) is 2.62. The number of carbonyl (C=O) groups is 2. The zero-order valence-corrected chi connectivity index (χ0v) is 13.2. The number of thiophene rings is 2. The van der Waals surface area contributed by atoms with Gasteiger partial charge in [-0.15, -0.1) is 0 Å². The van der Waals surface area contributed by atoms with Crippen molar-refractivity contribution in [3.63, 3.8) is 0 Å². The van der Waals surface area contributed by atoms with Crippen LogP contribution in [0.25, 0.3) is 0 Å². The van der Waals surface area contributed by atoms with E-state index < -0.39 is 0 Å². The molecule has 0 unspecified atom stereocenters. The van der Waals surface area contributed by atoms with Crippen molar-refractivity contribution in [3.8, 4) is 0 Å². The minimum Gasteiger partial charge on any atom is -0.273 e. The van der Waals surface area contributed by atoms with E-state index in [-0.39, 0.29) is 24.7 Å². The Morgan fingerprint density at radius 2 is 1.36 bits per heavy atom. The predicted octanol–water partition coefficient (Wildman–Crippen LogP) is 2.19. The lowest BCUT2D eigenvalue weighted by Gasteiger charge is -1.99. The lowest BCUT2D eigenvalue weighted by Crippen LogP contribution is -2.22. The average Bonchev–Trinajstić information content (AvgIpc) is 3.18. The minimum atomic E-state index is -0.316. The second kappa shape index (κ2) is 8.85. The van der Waals surface area contributed by atoms with Gasteiger partial charge in [0.25, 0.3) is 0 Å². The number of hydrogen-bond donors (Lipinski definition) is 2. The molecule has 2 amide bonds. The van der Waals surface area contributed by atoms with E-state index in [9.17, 15) is 9.59 Å². The van der Waals surface area contributed by atoms with Crippen LogP contribution in [-0.2, 0) is 9.59 Å². The Morgan fingerprint density at radius 3 is 1.73 bits per heavy atom. The van der Waals surface area contributed by atoms with Crippen LogP contribution in [0.2, 0.25) is 0 Å². The second-order valence-electron chi connectivity index (χ2n) is 4.20. The molecule has 0 aliphatic carbocycles. The van der Waals surface area contributed by atoms with Crippen LogP contribution < -0.4 is 10.9 Å². The molecular formula is C14H14N4O2S2. The molecule has 8 heteroatoms. The standard InChI is InChI=1S/C14H14N4O2S2/c19-13(17-15-7-11-3-5-21-9-11)1-2-14(20)18-16-8-12-4-6-22-10-12/h3-10H,1-2H2,(H,17,19)(H,18,20)/b15-7+,16-8+. The van der Waals surface area contributed by atoms with Crippen LogP contribution in [0.1, 0.15) is 24.0 Å². The van der Waals surface area contributed by atoms with Crippen molar-refractivity contribution in [1.29, 1.82) is 0 Å². The first kappa shape index (κ1) is 16.1. The van der Waals surface area contributed by atoms with Crippen LogP contribution in [0, 0.1) is 0 Å². The molecular weight excluding hydrogens is 320 g/mol. The van der Waals surface area contributed by atoms with Crippen molar-refractivity contribution in [2.24, 2.45) is 10.2 Å². The van der Waals surface area contributed by atoms with E-state index in [1.807, 2.05) is 33.7 Å². The highest BCUT2D eigenvalue weighted by atomic mass is 32.1. The first-order valence-electron chi connectivity index (χ1n) is 6.42. The van der Waals surface area contributed by atoms with Gasteiger partial charge in [-0.25, -0.2) is 10.9 Å². The first-order valence-corrected chi connectivity index (χ1v) is 8.31. The van der Waals surface area contributed by atoms with E-state index in [2.05, 4.69) is 21.1 Å². The Kier molecular flexibility index (Phi) is 6.46. The fraction of sp³-hybridized carbons (Fsp3) is 0.143. The summed E-state index contributed by atoms with van der Waals surface area (Å²) < 4.78 is 0. The molecule has 0 aromatic carbocycles. The lowest BCUT2D eigenvalue weighted by molar-refractivity contribution is -0.126. The quantitative estimate of drug-likeness (QED) is 0.601. The van der Waals surface area contributed by atoms with E-state index in [1.54, 1.807) is 35.1 Å². The molecule has 0 aliphatic heterocycles. The van der Waals surface area contributed by atoms with Gasteiger partial charge in [0.15, 0.2) is 0 Å². The maximum atomic E-state index is 11.5. The zero-order chi connectivity index (χ0) is 15.6. The van der Waals surface area contributed by atoms with Crippen LogP contribution >= 0.6 is 22.7 Å². The molecule has 0 saturated carbocycles. The number of rotatable bonds is 7. The smallest absolute Gasteiger partial charge is 0.240 e. The SMILES string of the molecule is O=C(CCC(=O)N/N=C/c1ccsc1)N/N=C/c1ccsc1. The molecule has 2 N–H and O–H groups in total. The van der Waals surface area contributed by atoms with Crippen molar-refractivity contribution in [2.45, 2.75) is 12.8 Å². The fourth-order valence-electron chi connectivity index (χ4n) is 1.39. The molecule has 6 nitrogen and oxygen atoms in total. The van der Waals surface area contributed by atoms with Crippen LogP contribution in [0.5, 0.6) is 0 Å². The minimum absolute atomic E-state index is 0.0563. The molecule has 2 heterocycles. The van der Waals surface area contributed by atoms with Gasteiger partial charge in [-0.2, -0.15) is 32.9 Å². The molecule has 2 aromatic heterocycles. The van der Waals surface area contributed by atoms with Crippen molar-refractivity contribution in [1.82, 2.24) is 10.9 Å². The van der Waals surface area contributed by atoms with E-state index in [0.717, 1.165) is 11.1 Å². The normalized spacial score (nSPS) is 11.1. The van der Waals surface area contributed by atoms with Gasteiger partial charge in [0.05, 0.1) is 12.4 Å². The molecule has 0 aliphatic rings. The molecule has 0 fully saturated rings. The third kappa shape index (κ3) is 5.98. The number of nitrogens with zero attached hydrogens (tertiary/aromatic N) is 2. The molecule has 0 radical (unpaired) electrons. The Labute approximate surface area is 135 Å². The van der Waals surface area contributed by atoms with Gasteiger partial charge in [0.2, 0.25) is 11.8 Å². The monoisotopic (exact) mass is 334 g/mol. The van der Waals surface area contributed by atoms with Crippen molar-refractivity contribution >= 4 is 46.9 Å². The molecule has 2 aromatic rings. The molecule has 114 valence electrons. The predicted molar refractivity (Wildman–Crippen MR) is 89.3 cm³/mol. The number of amides is 2. The summed E-state index contributed by atoms with van der Waals surface area (Å²) in [4.78, 5) is 23.0. The highest BCUT2D eigenvalue weighted by Gasteiger charge is 2.05. The van der Waals surface area contributed by atoms with Gasteiger partial charge in [-0.3, -0.25) is 9.59 Å². The number of hydrogen-bond acceptors (Lipinski definition) is 6. The molecule has 22 heavy (non-hydrogen) atoms. The molecule has 0 bridgehead atoms. The number of nitrogens with one attached hydrogen (secondary N) is 2. The van der Waals surface area contributed by atoms with Crippen LogP contribution in [-0.4, -0.2) is 24.2 Å². The van der Waals surface area contributed by atoms with E-state index in [4.69, 9.17) is 0 Å². The summed E-state index contributed by atoms with van der Waals surface area (Å²) in [6.07, 6.45) is 3.22. The van der Waals surface area contributed by atoms with Gasteiger partial charge in [-0.1, -0.05) is 0 Å². The Hall–Kier alpha value is -2.32. The largest absolute Gasteiger partial charge is 0.273 e. The molecule has 2 rings (SSSR count). The van der Waals surface area contributed by atoms with E-state index >= 15 is 0 Å². The summed E-state index contributed by atoms with van der Waals surface area (Å²) in [6, 6.07) is 3.78. The van der Waals surface area contributed by atoms with Crippen LogP contribution in [0.15, 0.2) is 43.9 Å². The first-order chi connectivity index (χ1) is 10.7. The third-order valence-corrected chi connectivity index (χ3v) is 3.87. The Balaban J connectivity index is 1.62. The van der Waals surface area contributed by atoms with Crippen molar-refractivity contribution in [3.05, 3.63) is 44.8 Å². The van der Waals surface area contributed by atoms with Gasteiger partial charge in [-0.05, 0) is 33.7 Å². The third-order valence-electron chi connectivity index (χ3n) is 2.47. The van der Waals surface area contributed by atoms with Crippen molar-refractivity contribution in [2.75, 3.05) is 0 Å². The second-order valence-corrected chi connectivity index (χ2v) is 5.76. The summed E-state index contributed by atoms with van der Waals surface area (Å²) in [5, 5.41) is 15.3. The molecule has 0 spiro atoms.